The normalized spacial score (nSPS) is 13.6. The van der Waals surface area contributed by atoms with Crippen molar-refractivity contribution in [1.29, 1.82) is 0 Å². The van der Waals surface area contributed by atoms with E-state index in [1.54, 1.807) is 48.8 Å². The molecule has 1 amide bonds. The SMILES string of the molecule is COc1ccc(/C=C/C(=O)C(C(=O)Nc2ccccc2)=C2SCCS2)cc1. The van der Waals surface area contributed by atoms with Crippen LogP contribution in [0.5, 0.6) is 5.75 Å². The number of thioether (sulfide) groups is 2. The van der Waals surface area contributed by atoms with E-state index < -0.39 is 0 Å². The molecule has 0 bridgehead atoms. The Balaban J connectivity index is 1.80. The van der Waals surface area contributed by atoms with Gasteiger partial charge in [0.05, 0.1) is 11.3 Å². The molecule has 1 saturated heterocycles. The van der Waals surface area contributed by atoms with E-state index in [1.165, 1.54) is 6.08 Å². The largest absolute Gasteiger partial charge is 0.497 e. The lowest BCUT2D eigenvalue weighted by Crippen LogP contribution is -2.20. The molecule has 1 fully saturated rings. The van der Waals surface area contributed by atoms with Crippen LogP contribution in [0.4, 0.5) is 5.69 Å². The van der Waals surface area contributed by atoms with E-state index in [1.807, 2.05) is 42.5 Å². The molecule has 0 atom stereocenters. The van der Waals surface area contributed by atoms with Crippen LogP contribution in [0, 0.1) is 0 Å². The molecular formula is C21H19NO3S2. The van der Waals surface area contributed by atoms with E-state index >= 15 is 0 Å². The molecule has 0 aliphatic carbocycles. The van der Waals surface area contributed by atoms with Crippen LogP contribution in [0.15, 0.2) is 70.5 Å². The van der Waals surface area contributed by atoms with Crippen molar-refractivity contribution in [2.24, 2.45) is 0 Å². The zero-order valence-electron chi connectivity index (χ0n) is 14.8. The lowest BCUT2D eigenvalue weighted by atomic mass is 10.1. The average molecular weight is 398 g/mol. The van der Waals surface area contributed by atoms with Crippen LogP contribution in [-0.2, 0) is 9.59 Å². The highest BCUT2D eigenvalue weighted by molar-refractivity contribution is 8.25. The summed E-state index contributed by atoms with van der Waals surface area (Å²) in [6, 6.07) is 16.5. The molecule has 138 valence electrons. The van der Waals surface area contributed by atoms with Gasteiger partial charge < -0.3 is 10.1 Å². The summed E-state index contributed by atoms with van der Waals surface area (Å²) in [7, 11) is 1.61. The van der Waals surface area contributed by atoms with Gasteiger partial charge in [-0.3, -0.25) is 9.59 Å². The molecule has 0 spiro atoms. The minimum Gasteiger partial charge on any atom is -0.497 e. The molecule has 0 unspecified atom stereocenters. The fourth-order valence-electron chi connectivity index (χ4n) is 2.45. The van der Waals surface area contributed by atoms with E-state index in [2.05, 4.69) is 5.32 Å². The second-order valence-electron chi connectivity index (χ2n) is 5.65. The lowest BCUT2D eigenvalue weighted by molar-refractivity contribution is -0.117. The highest BCUT2D eigenvalue weighted by atomic mass is 32.2. The van der Waals surface area contributed by atoms with Gasteiger partial charge in [0, 0.05) is 17.2 Å². The van der Waals surface area contributed by atoms with Crippen LogP contribution in [0.25, 0.3) is 6.08 Å². The monoisotopic (exact) mass is 397 g/mol. The fourth-order valence-corrected chi connectivity index (χ4v) is 4.99. The van der Waals surface area contributed by atoms with Gasteiger partial charge in [0.15, 0.2) is 5.78 Å². The molecule has 27 heavy (non-hydrogen) atoms. The number of anilines is 1. The Hall–Kier alpha value is -2.44. The third kappa shape index (κ3) is 5.28. The van der Waals surface area contributed by atoms with Gasteiger partial charge in [-0.15, -0.1) is 23.5 Å². The molecule has 0 radical (unpaired) electrons. The first kappa shape index (κ1) is 19.3. The molecule has 6 heteroatoms. The minimum atomic E-state index is -0.373. The van der Waals surface area contributed by atoms with Crippen molar-refractivity contribution in [3.8, 4) is 5.75 Å². The van der Waals surface area contributed by atoms with Gasteiger partial charge in [0.25, 0.3) is 5.91 Å². The second-order valence-corrected chi connectivity index (χ2v) is 8.12. The Morgan fingerprint density at radius 2 is 1.67 bits per heavy atom. The molecule has 0 saturated carbocycles. The highest BCUT2D eigenvalue weighted by Crippen LogP contribution is 2.39. The molecule has 2 aromatic rings. The molecule has 3 rings (SSSR count). The Morgan fingerprint density at radius 3 is 2.30 bits per heavy atom. The number of hydrogen-bond donors (Lipinski definition) is 1. The number of ketones is 1. The molecule has 1 aliphatic rings. The number of nitrogens with one attached hydrogen (secondary N) is 1. The minimum absolute atomic E-state index is 0.205. The zero-order chi connectivity index (χ0) is 19.1. The predicted octanol–water partition coefficient (Wildman–Crippen LogP) is 4.61. The van der Waals surface area contributed by atoms with E-state index in [0.29, 0.717) is 5.69 Å². The molecule has 1 aliphatic heterocycles. The standard InChI is InChI=1S/C21H19NO3S2/c1-25-17-10-7-15(8-11-17)9-12-18(23)19(21-26-13-14-27-21)20(24)22-16-5-3-2-4-6-16/h2-12H,13-14H2,1H3,(H,22,24)/b12-9+. The molecule has 1 heterocycles. The van der Waals surface area contributed by atoms with E-state index in [4.69, 9.17) is 4.74 Å². The maximum absolute atomic E-state index is 12.8. The van der Waals surface area contributed by atoms with Gasteiger partial charge in [0.2, 0.25) is 0 Å². The van der Waals surface area contributed by atoms with Gasteiger partial charge >= 0.3 is 0 Å². The van der Waals surface area contributed by atoms with Crippen LogP contribution in [0.3, 0.4) is 0 Å². The number of benzene rings is 2. The van der Waals surface area contributed by atoms with Gasteiger partial charge in [0.1, 0.15) is 11.3 Å². The van der Waals surface area contributed by atoms with Crippen molar-refractivity contribution in [3.05, 3.63) is 76.0 Å². The van der Waals surface area contributed by atoms with Crippen molar-refractivity contribution in [1.82, 2.24) is 0 Å². The summed E-state index contributed by atoms with van der Waals surface area (Å²) in [6.45, 7) is 0. The summed E-state index contributed by atoms with van der Waals surface area (Å²) in [4.78, 5) is 25.6. The number of carbonyl (C=O) groups excluding carboxylic acids is 2. The molecule has 2 aromatic carbocycles. The Labute approximate surface area is 167 Å². The summed E-state index contributed by atoms with van der Waals surface area (Å²) in [6.07, 6.45) is 3.16. The summed E-state index contributed by atoms with van der Waals surface area (Å²) in [5.41, 5.74) is 1.74. The van der Waals surface area contributed by atoms with Crippen molar-refractivity contribution in [3.63, 3.8) is 0 Å². The third-order valence-electron chi connectivity index (χ3n) is 3.80. The summed E-state index contributed by atoms with van der Waals surface area (Å²) in [5.74, 6) is 1.88. The number of amides is 1. The average Bonchev–Trinajstić information content (AvgIpc) is 3.22. The highest BCUT2D eigenvalue weighted by Gasteiger charge is 2.25. The van der Waals surface area contributed by atoms with Crippen LogP contribution in [0.2, 0.25) is 0 Å². The van der Waals surface area contributed by atoms with Gasteiger partial charge in [-0.1, -0.05) is 36.4 Å². The topological polar surface area (TPSA) is 55.4 Å². The van der Waals surface area contributed by atoms with Crippen LogP contribution < -0.4 is 10.1 Å². The van der Waals surface area contributed by atoms with Gasteiger partial charge in [-0.2, -0.15) is 0 Å². The number of methoxy groups -OCH3 is 1. The quantitative estimate of drug-likeness (QED) is 0.438. The molecule has 4 nitrogen and oxygen atoms in total. The smallest absolute Gasteiger partial charge is 0.261 e. The molecule has 0 aromatic heterocycles. The van der Waals surface area contributed by atoms with E-state index in [0.717, 1.165) is 27.1 Å². The Kier molecular flexibility index (Phi) is 6.79. The number of hydrogen-bond acceptors (Lipinski definition) is 5. The fraction of sp³-hybridized carbons (Fsp3) is 0.143. The summed E-state index contributed by atoms with van der Waals surface area (Å²) in [5, 5.41) is 2.82. The van der Waals surface area contributed by atoms with Crippen molar-refractivity contribution in [2.45, 2.75) is 0 Å². The van der Waals surface area contributed by atoms with E-state index in [-0.39, 0.29) is 17.3 Å². The number of allylic oxidation sites excluding steroid dienone is 1. The first-order valence-corrected chi connectivity index (χ1v) is 10.4. The van der Waals surface area contributed by atoms with Crippen LogP contribution >= 0.6 is 23.5 Å². The Bertz CT molecular complexity index is 866. The third-order valence-corrected chi connectivity index (χ3v) is 6.52. The lowest BCUT2D eigenvalue weighted by Gasteiger charge is -2.09. The summed E-state index contributed by atoms with van der Waals surface area (Å²) >= 11 is 3.11. The van der Waals surface area contributed by atoms with Gasteiger partial charge in [-0.25, -0.2) is 0 Å². The summed E-state index contributed by atoms with van der Waals surface area (Å²) < 4.78 is 5.92. The second kappa shape index (κ2) is 9.48. The first-order chi connectivity index (χ1) is 13.2. The maximum atomic E-state index is 12.8. The number of ether oxygens (including phenoxy) is 1. The molecule has 1 N–H and O–H groups in total. The number of carbonyl (C=O) groups is 2. The van der Waals surface area contributed by atoms with Crippen molar-refractivity contribution in [2.75, 3.05) is 23.9 Å². The van der Waals surface area contributed by atoms with Crippen molar-refractivity contribution < 1.29 is 14.3 Å². The van der Waals surface area contributed by atoms with E-state index in [9.17, 15) is 9.59 Å². The first-order valence-electron chi connectivity index (χ1n) is 8.40. The maximum Gasteiger partial charge on any atom is 0.261 e. The van der Waals surface area contributed by atoms with Gasteiger partial charge in [-0.05, 0) is 35.9 Å². The van der Waals surface area contributed by atoms with Crippen LogP contribution in [-0.4, -0.2) is 30.3 Å². The van der Waals surface area contributed by atoms with Crippen molar-refractivity contribution >= 4 is 47.0 Å². The Morgan fingerprint density at radius 1 is 1.00 bits per heavy atom. The predicted molar refractivity (Wildman–Crippen MR) is 114 cm³/mol. The molecular weight excluding hydrogens is 378 g/mol. The zero-order valence-corrected chi connectivity index (χ0v) is 16.4. The number of rotatable bonds is 6. The van der Waals surface area contributed by atoms with Crippen LogP contribution in [0.1, 0.15) is 5.56 Å². The number of para-hydroxylation sites is 1.